The highest BCUT2D eigenvalue weighted by molar-refractivity contribution is 6.07. The number of carbonyl (C=O) groups excluding carboxylic acids is 1. The molecule has 1 fully saturated rings. The van der Waals surface area contributed by atoms with Crippen LogP contribution in [0.2, 0.25) is 0 Å². The van der Waals surface area contributed by atoms with Crippen molar-refractivity contribution in [2.75, 3.05) is 38.4 Å². The number of amides is 1. The number of fused-ring (bicyclic) bond motifs is 2. The number of aromatic amines is 1. The first kappa shape index (κ1) is 23.7. The van der Waals surface area contributed by atoms with Crippen molar-refractivity contribution in [3.63, 3.8) is 0 Å². The Balaban J connectivity index is 1.34. The molecule has 38 heavy (non-hydrogen) atoms. The third kappa shape index (κ3) is 4.16. The molecular formula is C27H29N8O3+. The molecule has 194 valence electrons. The minimum absolute atomic E-state index is 0.252. The number of nitrogens with one attached hydrogen (secondary N) is 2. The number of aromatic nitrogens is 5. The Morgan fingerprint density at radius 1 is 1.11 bits per heavy atom. The molecule has 0 bridgehead atoms. The summed E-state index contributed by atoms with van der Waals surface area (Å²) in [7, 11) is 3.18. The molecule has 11 nitrogen and oxygen atoms in total. The average Bonchev–Trinajstić information content (AvgIpc) is 3.56. The zero-order valence-corrected chi connectivity index (χ0v) is 21.2. The maximum absolute atomic E-state index is 13.1. The van der Waals surface area contributed by atoms with Gasteiger partial charge in [-0.05, 0) is 36.4 Å². The minimum atomic E-state index is -0.285. The number of nitrogen functional groups attached to an aromatic ring is 1. The van der Waals surface area contributed by atoms with Crippen LogP contribution in [-0.4, -0.2) is 57.9 Å². The van der Waals surface area contributed by atoms with Crippen LogP contribution in [0.3, 0.4) is 0 Å². The van der Waals surface area contributed by atoms with Crippen molar-refractivity contribution in [2.45, 2.75) is 18.9 Å². The van der Waals surface area contributed by atoms with Crippen LogP contribution in [-0.2, 0) is 0 Å². The molecule has 1 aliphatic heterocycles. The van der Waals surface area contributed by atoms with Gasteiger partial charge in [0.2, 0.25) is 0 Å². The number of H-pyrrole nitrogens is 1. The van der Waals surface area contributed by atoms with Crippen molar-refractivity contribution in [3.8, 4) is 22.8 Å². The second-order valence-electron chi connectivity index (χ2n) is 9.35. The van der Waals surface area contributed by atoms with Crippen LogP contribution in [0.25, 0.3) is 33.2 Å². The molecule has 6 N–H and O–H groups in total. The summed E-state index contributed by atoms with van der Waals surface area (Å²) in [5.41, 5.74) is 10.3. The number of quaternary nitrogens is 1. The highest BCUT2D eigenvalue weighted by Crippen LogP contribution is 2.37. The molecule has 2 aromatic carbocycles. The summed E-state index contributed by atoms with van der Waals surface area (Å²) in [6.07, 6.45) is 3.50. The summed E-state index contributed by atoms with van der Waals surface area (Å²) < 4.78 is 12.9. The van der Waals surface area contributed by atoms with Gasteiger partial charge in [0.05, 0.1) is 44.4 Å². The topological polar surface area (TPSA) is 150 Å². The van der Waals surface area contributed by atoms with Gasteiger partial charge in [0.25, 0.3) is 5.91 Å². The number of benzene rings is 2. The van der Waals surface area contributed by atoms with E-state index < -0.39 is 0 Å². The molecule has 6 rings (SSSR count). The third-order valence-electron chi connectivity index (χ3n) is 7.07. The summed E-state index contributed by atoms with van der Waals surface area (Å²) in [6, 6.07) is 13.2. The first-order chi connectivity index (χ1) is 18.6. The van der Waals surface area contributed by atoms with E-state index in [1.807, 2.05) is 35.0 Å². The van der Waals surface area contributed by atoms with Crippen LogP contribution in [0.4, 0.5) is 11.5 Å². The van der Waals surface area contributed by atoms with Crippen LogP contribution >= 0.6 is 0 Å². The third-order valence-corrected chi connectivity index (χ3v) is 7.07. The van der Waals surface area contributed by atoms with Gasteiger partial charge in [-0.15, -0.1) is 0 Å². The molecule has 0 radical (unpaired) electrons. The van der Waals surface area contributed by atoms with Gasteiger partial charge in [-0.1, -0.05) is 6.07 Å². The number of methoxy groups -OCH3 is 2. The first-order valence-electron chi connectivity index (χ1n) is 12.5. The second kappa shape index (κ2) is 9.67. The zero-order chi connectivity index (χ0) is 26.2. The fraction of sp³-hybridized carbons (Fsp3) is 0.259. The number of ether oxygens (including phenoxy) is 2. The van der Waals surface area contributed by atoms with Crippen LogP contribution < -0.4 is 25.8 Å². The van der Waals surface area contributed by atoms with E-state index in [1.54, 1.807) is 26.4 Å². The number of nitrogens with two attached hydrogens (primary N) is 2. The Morgan fingerprint density at radius 3 is 2.74 bits per heavy atom. The maximum Gasteiger partial charge on any atom is 0.272 e. The summed E-state index contributed by atoms with van der Waals surface area (Å²) in [5.74, 6) is 1.32. The molecule has 11 heteroatoms. The van der Waals surface area contributed by atoms with E-state index in [4.69, 9.17) is 20.3 Å². The summed E-state index contributed by atoms with van der Waals surface area (Å²) in [6.45, 7) is 2.10. The molecule has 0 saturated carbocycles. The largest absolute Gasteiger partial charge is 0.497 e. The molecule has 0 aliphatic carbocycles. The number of hydrogen-bond donors (Lipinski definition) is 4. The molecule has 1 aliphatic rings. The molecule has 4 heterocycles. The van der Waals surface area contributed by atoms with Gasteiger partial charge in [-0.2, -0.15) is 5.10 Å². The molecule has 0 spiro atoms. The number of hydrogen-bond acceptors (Lipinski definition) is 7. The lowest BCUT2D eigenvalue weighted by molar-refractivity contribution is -0.664. The highest BCUT2D eigenvalue weighted by Gasteiger charge is 2.25. The van der Waals surface area contributed by atoms with Crippen molar-refractivity contribution < 1.29 is 19.6 Å². The van der Waals surface area contributed by atoms with E-state index in [0.717, 1.165) is 59.2 Å². The number of nitrogens with zero attached hydrogens (tertiary/aromatic N) is 4. The van der Waals surface area contributed by atoms with Gasteiger partial charge in [0.15, 0.2) is 5.65 Å². The molecule has 3 aromatic heterocycles. The Morgan fingerprint density at radius 2 is 1.95 bits per heavy atom. The van der Waals surface area contributed by atoms with E-state index in [9.17, 15) is 4.79 Å². The molecule has 1 saturated heterocycles. The quantitative estimate of drug-likeness (QED) is 0.273. The zero-order valence-electron chi connectivity index (χ0n) is 21.2. The Bertz CT molecular complexity index is 1650. The van der Waals surface area contributed by atoms with Crippen molar-refractivity contribution >= 4 is 39.3 Å². The van der Waals surface area contributed by atoms with Crippen molar-refractivity contribution in [3.05, 3.63) is 54.5 Å². The number of anilines is 2. The van der Waals surface area contributed by atoms with E-state index in [2.05, 4.69) is 25.6 Å². The fourth-order valence-corrected chi connectivity index (χ4v) is 5.10. The maximum atomic E-state index is 13.1. The lowest BCUT2D eigenvalue weighted by atomic mass is 10.1. The molecular weight excluding hydrogens is 484 g/mol. The normalized spacial score (nSPS) is 14.2. The predicted molar refractivity (Wildman–Crippen MR) is 144 cm³/mol. The Kier molecular flexibility index (Phi) is 6.04. The smallest absolute Gasteiger partial charge is 0.272 e. The first-order valence-corrected chi connectivity index (χ1v) is 12.5. The predicted octanol–water partition coefficient (Wildman–Crippen LogP) is 2.72. The van der Waals surface area contributed by atoms with Gasteiger partial charge in [-0.25, -0.2) is 14.6 Å². The SMILES string of the molecule is COc1ccc2[nH]c(C(=O)Nc3ccc(-c4nn(C5CC[NH2+]CC5)c5ncnc(N)c45)cc3OC)cc2c1. The number of piperidine rings is 1. The van der Waals surface area contributed by atoms with Gasteiger partial charge in [-0.3, -0.25) is 4.79 Å². The lowest BCUT2D eigenvalue weighted by Crippen LogP contribution is -2.86. The van der Waals surface area contributed by atoms with Gasteiger partial charge >= 0.3 is 0 Å². The van der Waals surface area contributed by atoms with Crippen LogP contribution in [0, 0.1) is 0 Å². The van der Waals surface area contributed by atoms with Crippen LogP contribution in [0.15, 0.2) is 48.8 Å². The van der Waals surface area contributed by atoms with Gasteiger partial charge in [0, 0.05) is 29.3 Å². The highest BCUT2D eigenvalue weighted by atomic mass is 16.5. The van der Waals surface area contributed by atoms with E-state index >= 15 is 0 Å². The monoisotopic (exact) mass is 513 g/mol. The number of carbonyl (C=O) groups is 1. The number of rotatable bonds is 6. The van der Waals surface area contributed by atoms with Gasteiger partial charge < -0.3 is 30.8 Å². The van der Waals surface area contributed by atoms with Crippen LogP contribution in [0.5, 0.6) is 11.5 Å². The van der Waals surface area contributed by atoms with Crippen molar-refractivity contribution in [2.24, 2.45) is 0 Å². The van der Waals surface area contributed by atoms with E-state index in [0.29, 0.717) is 28.6 Å². The molecule has 0 atom stereocenters. The molecule has 0 unspecified atom stereocenters. The van der Waals surface area contributed by atoms with E-state index in [-0.39, 0.29) is 11.9 Å². The summed E-state index contributed by atoms with van der Waals surface area (Å²) in [5, 5.41) is 11.8. The fourth-order valence-electron chi connectivity index (χ4n) is 5.10. The van der Waals surface area contributed by atoms with E-state index in [1.165, 1.54) is 6.33 Å². The Labute approximate surface area is 218 Å². The lowest BCUT2D eigenvalue weighted by Gasteiger charge is -2.21. The second-order valence-corrected chi connectivity index (χ2v) is 9.35. The molecule has 1 amide bonds. The van der Waals surface area contributed by atoms with Crippen molar-refractivity contribution in [1.29, 1.82) is 0 Å². The van der Waals surface area contributed by atoms with Gasteiger partial charge in [0.1, 0.15) is 35.0 Å². The Hall–Kier alpha value is -4.64. The van der Waals surface area contributed by atoms with Crippen LogP contribution in [0.1, 0.15) is 29.4 Å². The average molecular weight is 514 g/mol. The summed E-state index contributed by atoms with van der Waals surface area (Å²) >= 11 is 0. The minimum Gasteiger partial charge on any atom is -0.497 e. The molecule has 5 aromatic rings. The van der Waals surface area contributed by atoms with Crippen molar-refractivity contribution in [1.82, 2.24) is 24.7 Å². The standard InChI is InChI=1S/C27H28N8O3/c1-37-18-4-6-19-16(11-18)12-21(32-19)27(36)33-20-5-3-15(13-22(20)38-2)24-23-25(28)30-14-31-26(23)35(34-24)17-7-9-29-10-8-17/h3-6,11-14,17,29,32H,7-10H2,1-2H3,(H,33,36)(H2,28,30,31)/p+1. The summed E-state index contributed by atoms with van der Waals surface area (Å²) in [4.78, 5) is 25.0.